The van der Waals surface area contributed by atoms with Crippen LogP contribution in [-0.4, -0.2) is 46.3 Å². The molecule has 46 heavy (non-hydrogen) atoms. The first-order valence-corrected chi connectivity index (χ1v) is 16.3. The molecule has 0 saturated carbocycles. The lowest BCUT2D eigenvalue weighted by Crippen LogP contribution is -2.40. The largest absolute Gasteiger partial charge is 0.493 e. The topological polar surface area (TPSA) is 148 Å². The minimum atomic E-state index is -0.919. The second-order valence-electron chi connectivity index (χ2n) is 10.1. The van der Waals surface area contributed by atoms with Gasteiger partial charge in [0.1, 0.15) is 0 Å². The van der Waals surface area contributed by atoms with E-state index in [1.54, 1.807) is 44.2 Å². The van der Waals surface area contributed by atoms with Crippen LogP contribution in [-0.2, 0) is 9.53 Å². The van der Waals surface area contributed by atoms with Gasteiger partial charge in [-0.05, 0) is 80.9 Å². The predicted molar refractivity (Wildman–Crippen MR) is 176 cm³/mol. The van der Waals surface area contributed by atoms with Crippen LogP contribution in [0, 0.1) is 24.0 Å². The fourth-order valence-electron chi connectivity index (χ4n) is 5.01. The van der Waals surface area contributed by atoms with Gasteiger partial charge in [0.15, 0.2) is 21.5 Å². The first-order chi connectivity index (χ1) is 21.9. The van der Waals surface area contributed by atoms with Gasteiger partial charge in [-0.1, -0.05) is 33.3 Å². The van der Waals surface area contributed by atoms with E-state index in [4.69, 9.17) is 14.2 Å². The molecule has 1 aliphatic heterocycles. The number of benzene rings is 2. The summed E-state index contributed by atoms with van der Waals surface area (Å²) in [7, 11) is 3.00. The number of aryl methyl sites for hydroxylation is 2. The molecule has 0 unspecified atom stereocenters. The van der Waals surface area contributed by atoms with Crippen LogP contribution < -0.4 is 24.4 Å². The van der Waals surface area contributed by atoms with Gasteiger partial charge >= 0.3 is 5.97 Å². The molecule has 0 spiro atoms. The zero-order valence-corrected chi connectivity index (χ0v) is 28.8. The number of esters is 1. The molecule has 1 aliphatic rings. The third-order valence-electron chi connectivity index (χ3n) is 6.95. The van der Waals surface area contributed by atoms with Gasteiger partial charge in [-0.3, -0.25) is 19.5 Å². The van der Waals surface area contributed by atoms with Crippen molar-refractivity contribution in [1.82, 2.24) is 14.5 Å². The van der Waals surface area contributed by atoms with Crippen molar-refractivity contribution in [2.24, 2.45) is 4.99 Å². The van der Waals surface area contributed by atoms with E-state index in [9.17, 15) is 19.7 Å². The van der Waals surface area contributed by atoms with Crippen LogP contribution in [0.4, 0.5) is 5.69 Å². The minimum absolute atomic E-state index is 0.128. The number of aromatic nitrogens is 3. The maximum Gasteiger partial charge on any atom is 0.338 e. The maximum atomic E-state index is 14.1. The van der Waals surface area contributed by atoms with E-state index in [0.717, 1.165) is 34.5 Å². The van der Waals surface area contributed by atoms with Gasteiger partial charge in [0, 0.05) is 21.9 Å². The number of carbonyl (C=O) groups excluding carboxylic acids is 1. The van der Waals surface area contributed by atoms with E-state index in [-0.39, 0.29) is 22.4 Å². The molecule has 238 valence electrons. The van der Waals surface area contributed by atoms with Crippen LogP contribution >= 0.6 is 39.0 Å². The van der Waals surface area contributed by atoms with Crippen LogP contribution in [0.5, 0.6) is 11.5 Å². The zero-order chi connectivity index (χ0) is 33.3. The molecule has 0 amide bonds. The quantitative estimate of drug-likeness (QED) is 0.0994. The third-order valence-corrected chi connectivity index (χ3v) is 9.55. The molecule has 0 fully saturated rings. The van der Waals surface area contributed by atoms with Crippen LogP contribution in [0.2, 0.25) is 0 Å². The van der Waals surface area contributed by atoms with E-state index in [0.29, 0.717) is 47.6 Å². The second kappa shape index (κ2) is 13.6. The standard InChI is InChI=1S/C31H28BrN5O7S2/c1-7-44-29(39)26-17(4)35-31-36(27(26)19-13-22(42-5)23(43-6)14-20(19)32)28(38)25(46-31)12-18-8-9-24(21(11-18)37(40)41)45-30-33-15(2)10-16(3)34-30/h8-14,27H,7H2,1-6H3/b25-12+/t27-/m0/s1. The summed E-state index contributed by atoms with van der Waals surface area (Å²) in [5.41, 5.74) is 2.49. The predicted octanol–water partition coefficient (Wildman–Crippen LogP) is 5.04. The van der Waals surface area contributed by atoms with Crippen molar-refractivity contribution >= 4 is 56.8 Å². The number of fused-ring (bicyclic) bond motifs is 1. The lowest BCUT2D eigenvalue weighted by molar-refractivity contribution is -0.387. The molecule has 0 saturated heterocycles. The molecule has 0 aliphatic carbocycles. The lowest BCUT2D eigenvalue weighted by Gasteiger charge is -2.26. The SMILES string of the molecule is CCOC(=O)C1=C(C)N=c2s/c(=C/c3ccc(Sc4nc(C)cc(C)n4)c([N+](=O)[O-])c3)c(=O)n2[C@H]1c1cc(OC)c(OC)cc1Br. The first-order valence-electron chi connectivity index (χ1n) is 13.8. The van der Waals surface area contributed by atoms with Gasteiger partial charge in [0.05, 0.1) is 52.5 Å². The second-order valence-corrected chi connectivity index (χ2v) is 12.9. The summed E-state index contributed by atoms with van der Waals surface area (Å²) in [4.78, 5) is 53.1. The van der Waals surface area contributed by atoms with Crippen molar-refractivity contribution in [3.05, 3.63) is 104 Å². The van der Waals surface area contributed by atoms with Gasteiger partial charge in [-0.2, -0.15) is 0 Å². The lowest BCUT2D eigenvalue weighted by atomic mass is 9.95. The molecule has 0 radical (unpaired) electrons. The molecule has 2 aromatic heterocycles. The average molecular weight is 727 g/mol. The summed E-state index contributed by atoms with van der Waals surface area (Å²) in [5.74, 6) is 0.245. The number of halogens is 1. The van der Waals surface area contributed by atoms with Gasteiger partial charge in [0.2, 0.25) is 0 Å². The maximum absolute atomic E-state index is 14.1. The van der Waals surface area contributed by atoms with Gasteiger partial charge in [-0.25, -0.2) is 19.8 Å². The Morgan fingerprint density at radius 3 is 2.41 bits per heavy atom. The Hall–Kier alpha value is -4.34. The van der Waals surface area contributed by atoms with E-state index in [1.807, 2.05) is 19.9 Å². The van der Waals surface area contributed by atoms with Crippen molar-refractivity contribution in [1.29, 1.82) is 0 Å². The number of hydrogen-bond acceptors (Lipinski definition) is 12. The summed E-state index contributed by atoms with van der Waals surface area (Å²) in [6.45, 7) is 7.17. The monoisotopic (exact) mass is 725 g/mol. The number of allylic oxidation sites excluding steroid dienone is 1. The number of carbonyl (C=O) groups is 1. The fourth-order valence-corrected chi connectivity index (χ4v) is 7.54. The van der Waals surface area contributed by atoms with Crippen molar-refractivity contribution in [2.75, 3.05) is 20.8 Å². The summed E-state index contributed by atoms with van der Waals surface area (Å²) >= 11 is 5.79. The van der Waals surface area contributed by atoms with Crippen LogP contribution in [0.1, 0.15) is 42.4 Å². The number of nitro groups is 1. The molecule has 12 nitrogen and oxygen atoms in total. The number of ether oxygens (including phenoxy) is 3. The Morgan fingerprint density at radius 1 is 1.11 bits per heavy atom. The Balaban J connectivity index is 1.66. The van der Waals surface area contributed by atoms with E-state index in [1.165, 1.54) is 24.9 Å². The Labute approximate surface area is 279 Å². The first kappa shape index (κ1) is 33.0. The molecule has 1 atom stereocenters. The van der Waals surface area contributed by atoms with E-state index < -0.39 is 22.5 Å². The molecule has 15 heteroatoms. The van der Waals surface area contributed by atoms with E-state index >= 15 is 0 Å². The molecule has 0 bridgehead atoms. The summed E-state index contributed by atoms with van der Waals surface area (Å²) in [6, 6.07) is 9.00. The smallest absolute Gasteiger partial charge is 0.338 e. The van der Waals surface area contributed by atoms with Crippen LogP contribution in [0.15, 0.2) is 72.0 Å². The highest BCUT2D eigenvalue weighted by molar-refractivity contribution is 9.10. The van der Waals surface area contributed by atoms with Crippen LogP contribution in [0.3, 0.4) is 0 Å². The third kappa shape index (κ3) is 6.48. The molecule has 2 aromatic carbocycles. The number of rotatable bonds is 9. The summed E-state index contributed by atoms with van der Waals surface area (Å²) < 4.78 is 18.6. The Morgan fingerprint density at radius 2 is 1.78 bits per heavy atom. The Kier molecular flexibility index (Phi) is 9.74. The van der Waals surface area contributed by atoms with Gasteiger partial charge < -0.3 is 14.2 Å². The number of hydrogen-bond donors (Lipinski definition) is 0. The zero-order valence-electron chi connectivity index (χ0n) is 25.6. The number of nitro benzene ring substituents is 1. The number of nitrogens with zero attached hydrogens (tertiary/aromatic N) is 5. The molecule has 5 rings (SSSR count). The average Bonchev–Trinajstić information content (AvgIpc) is 3.30. The van der Waals surface area contributed by atoms with Crippen molar-refractivity contribution in [3.8, 4) is 11.5 Å². The normalized spacial score (nSPS) is 14.5. The highest BCUT2D eigenvalue weighted by Crippen LogP contribution is 2.41. The Bertz CT molecular complexity index is 2090. The molecule has 4 aromatic rings. The number of methoxy groups -OCH3 is 2. The molecule has 0 N–H and O–H groups in total. The summed E-state index contributed by atoms with van der Waals surface area (Å²) in [5, 5.41) is 12.5. The fraction of sp³-hybridized carbons (Fsp3) is 0.258. The highest BCUT2D eigenvalue weighted by atomic mass is 79.9. The highest BCUT2D eigenvalue weighted by Gasteiger charge is 2.35. The molecular weight excluding hydrogens is 698 g/mol. The molecular formula is C31H28BrN5O7S2. The van der Waals surface area contributed by atoms with Crippen molar-refractivity contribution in [3.63, 3.8) is 0 Å². The van der Waals surface area contributed by atoms with Crippen molar-refractivity contribution < 1.29 is 23.9 Å². The minimum Gasteiger partial charge on any atom is -0.493 e. The van der Waals surface area contributed by atoms with Crippen molar-refractivity contribution in [2.45, 2.75) is 43.8 Å². The van der Waals surface area contributed by atoms with Crippen LogP contribution in [0.25, 0.3) is 6.08 Å². The number of thiazole rings is 1. The van der Waals surface area contributed by atoms with E-state index in [2.05, 4.69) is 30.9 Å². The van der Waals surface area contributed by atoms with Gasteiger partial charge in [-0.15, -0.1) is 0 Å². The van der Waals surface area contributed by atoms with Gasteiger partial charge in [0.25, 0.3) is 11.2 Å². The molecule has 3 heterocycles. The summed E-state index contributed by atoms with van der Waals surface area (Å²) in [6.07, 6.45) is 1.57.